The fourth-order valence-electron chi connectivity index (χ4n) is 4.16. The highest BCUT2D eigenvalue weighted by Crippen LogP contribution is 2.38. The first kappa shape index (κ1) is 23.9. The van der Waals surface area contributed by atoms with Crippen molar-refractivity contribution >= 4 is 22.5 Å². The van der Waals surface area contributed by atoms with Crippen LogP contribution in [0.2, 0.25) is 0 Å². The zero-order valence-electron chi connectivity index (χ0n) is 18.0. The van der Waals surface area contributed by atoms with Gasteiger partial charge in [-0.1, -0.05) is 6.07 Å². The monoisotopic (exact) mass is 484 g/mol. The summed E-state index contributed by atoms with van der Waals surface area (Å²) in [7, 11) is 1.13. The van der Waals surface area contributed by atoms with E-state index in [-0.39, 0.29) is 35.2 Å². The van der Waals surface area contributed by atoms with Crippen LogP contribution in [0.25, 0.3) is 10.9 Å². The van der Waals surface area contributed by atoms with Gasteiger partial charge in [0.05, 0.1) is 24.2 Å². The average molecular weight is 484 g/mol. The number of carbonyl (C=O) groups is 1. The number of benzene rings is 1. The molecule has 182 valence electrons. The minimum absolute atomic E-state index is 0.0475. The van der Waals surface area contributed by atoms with Gasteiger partial charge in [0.1, 0.15) is 16.9 Å². The third kappa shape index (κ3) is 4.41. The molecule has 34 heavy (non-hydrogen) atoms. The van der Waals surface area contributed by atoms with Crippen LogP contribution >= 0.6 is 0 Å². The molecule has 0 atom stereocenters. The third-order valence-corrected chi connectivity index (χ3v) is 5.97. The average Bonchev–Trinajstić information content (AvgIpc) is 3.15. The van der Waals surface area contributed by atoms with Gasteiger partial charge in [0, 0.05) is 6.61 Å². The molecule has 1 fully saturated rings. The largest absolute Gasteiger partial charge is 0.491 e. The predicted octanol–water partition coefficient (Wildman–Crippen LogP) is 4.71. The molecule has 7 nitrogen and oxygen atoms in total. The van der Waals surface area contributed by atoms with Crippen molar-refractivity contribution in [3.05, 3.63) is 47.4 Å². The lowest BCUT2D eigenvalue weighted by Crippen LogP contribution is -2.21. The maximum atomic E-state index is 15.2. The van der Waals surface area contributed by atoms with Crippen molar-refractivity contribution < 1.29 is 36.6 Å². The van der Waals surface area contributed by atoms with Gasteiger partial charge in [-0.25, -0.2) is 14.1 Å². The maximum Gasteiger partial charge on any atom is 0.433 e. The van der Waals surface area contributed by atoms with E-state index in [1.165, 1.54) is 0 Å². The van der Waals surface area contributed by atoms with Crippen LogP contribution in [0.3, 0.4) is 0 Å². The lowest BCUT2D eigenvalue weighted by atomic mass is 9.87. The summed E-state index contributed by atoms with van der Waals surface area (Å²) in [5.41, 5.74) is -2.40. The highest BCUT2D eigenvalue weighted by molar-refractivity contribution is 6.05. The molecule has 0 spiro atoms. The van der Waals surface area contributed by atoms with Gasteiger partial charge in [-0.15, -0.1) is 0 Å². The van der Waals surface area contributed by atoms with Crippen molar-refractivity contribution in [3.63, 3.8) is 0 Å². The summed E-state index contributed by atoms with van der Waals surface area (Å²) < 4.78 is 75.3. The SMILES string of the molecule is COc1c(NC(=O)c2cccc(C(F)(F)F)n2)cc2c(F)n(C3CCC(CO)CC3)nc2c1F. The van der Waals surface area contributed by atoms with Gasteiger partial charge >= 0.3 is 6.18 Å². The van der Waals surface area contributed by atoms with E-state index in [2.05, 4.69) is 15.4 Å². The van der Waals surface area contributed by atoms with Crippen LogP contribution < -0.4 is 10.1 Å². The van der Waals surface area contributed by atoms with Crippen molar-refractivity contribution in [1.29, 1.82) is 0 Å². The molecule has 0 aliphatic heterocycles. The Bertz CT molecular complexity index is 1220. The van der Waals surface area contributed by atoms with Gasteiger partial charge < -0.3 is 15.2 Å². The summed E-state index contributed by atoms with van der Waals surface area (Å²) in [5, 5.41) is 15.4. The molecule has 1 saturated carbocycles. The van der Waals surface area contributed by atoms with Crippen molar-refractivity contribution in [2.45, 2.75) is 37.9 Å². The van der Waals surface area contributed by atoms with Crippen LogP contribution in [0.4, 0.5) is 27.6 Å². The Kier molecular flexibility index (Phi) is 6.43. The molecule has 1 aliphatic carbocycles. The number of fused-ring (bicyclic) bond motifs is 1. The summed E-state index contributed by atoms with van der Waals surface area (Å²) in [6, 6.07) is 3.59. The van der Waals surface area contributed by atoms with Crippen LogP contribution in [0.1, 0.15) is 47.9 Å². The topological polar surface area (TPSA) is 89.3 Å². The number of halogens is 5. The molecular weight excluding hydrogens is 463 g/mol. The minimum atomic E-state index is -4.76. The van der Waals surface area contributed by atoms with Crippen molar-refractivity contribution in [2.75, 3.05) is 19.0 Å². The molecule has 2 aromatic heterocycles. The zero-order valence-corrected chi connectivity index (χ0v) is 18.0. The smallest absolute Gasteiger partial charge is 0.433 e. The summed E-state index contributed by atoms with van der Waals surface area (Å²) >= 11 is 0. The second-order valence-electron chi connectivity index (χ2n) is 8.12. The van der Waals surface area contributed by atoms with Crippen LogP contribution in [0, 0.1) is 17.7 Å². The fraction of sp³-hybridized carbons (Fsp3) is 0.409. The minimum Gasteiger partial charge on any atom is -0.491 e. The number of pyridine rings is 1. The Morgan fingerprint density at radius 1 is 1.24 bits per heavy atom. The number of alkyl halides is 3. The number of hydrogen-bond acceptors (Lipinski definition) is 5. The number of ether oxygens (including phenoxy) is 1. The quantitative estimate of drug-likeness (QED) is 0.512. The number of anilines is 1. The fourth-order valence-corrected chi connectivity index (χ4v) is 4.16. The number of carbonyl (C=O) groups excluding carboxylic acids is 1. The number of nitrogens with one attached hydrogen (secondary N) is 1. The van der Waals surface area contributed by atoms with Gasteiger partial charge in [-0.05, 0) is 49.8 Å². The van der Waals surface area contributed by atoms with Gasteiger partial charge in [0.15, 0.2) is 11.6 Å². The van der Waals surface area contributed by atoms with Crippen molar-refractivity contribution in [3.8, 4) is 5.75 Å². The van der Waals surface area contributed by atoms with Crippen LogP contribution in [-0.2, 0) is 6.18 Å². The van der Waals surface area contributed by atoms with Crippen LogP contribution in [0.5, 0.6) is 5.75 Å². The van der Waals surface area contributed by atoms with Crippen LogP contribution in [-0.4, -0.2) is 39.5 Å². The first-order chi connectivity index (χ1) is 16.1. The maximum absolute atomic E-state index is 15.2. The second-order valence-corrected chi connectivity index (χ2v) is 8.12. The summed E-state index contributed by atoms with van der Waals surface area (Å²) in [5.74, 6) is -3.20. The molecule has 1 aromatic carbocycles. The Balaban J connectivity index is 1.68. The Hall–Kier alpha value is -3.28. The highest BCUT2D eigenvalue weighted by Gasteiger charge is 2.33. The van der Waals surface area contributed by atoms with Crippen molar-refractivity contribution in [2.24, 2.45) is 5.92 Å². The van der Waals surface area contributed by atoms with E-state index in [0.717, 1.165) is 30.0 Å². The molecule has 1 amide bonds. The second kappa shape index (κ2) is 9.16. The van der Waals surface area contributed by atoms with Gasteiger partial charge in [-0.3, -0.25) is 4.79 Å². The number of hydrogen-bond donors (Lipinski definition) is 2. The summed E-state index contributed by atoms with van der Waals surface area (Å²) in [6.07, 6.45) is -2.30. The van der Waals surface area contributed by atoms with E-state index in [4.69, 9.17) is 4.74 Å². The van der Waals surface area contributed by atoms with Gasteiger partial charge in [0.25, 0.3) is 5.91 Å². The molecule has 12 heteroatoms. The lowest BCUT2D eigenvalue weighted by molar-refractivity contribution is -0.141. The molecule has 0 unspecified atom stereocenters. The van der Waals surface area contributed by atoms with Crippen LogP contribution in [0.15, 0.2) is 24.3 Å². The number of aliphatic hydroxyl groups is 1. The molecule has 2 N–H and O–H groups in total. The standard InChI is InChI=1S/C22H21F5N4O3/c1-34-19-15(29-21(33)14-3-2-4-16(28-14)22(25,26)27)9-13-18(17(19)23)30-31(20(13)24)12-7-5-11(10-32)6-8-12/h2-4,9,11-12,32H,5-8,10H2,1H3,(H,29,33). The van der Waals surface area contributed by atoms with E-state index >= 15 is 8.78 Å². The molecular formula is C22H21F5N4O3. The number of aromatic nitrogens is 3. The summed E-state index contributed by atoms with van der Waals surface area (Å²) in [4.78, 5) is 15.8. The first-order valence-corrected chi connectivity index (χ1v) is 10.5. The molecule has 0 bridgehead atoms. The number of nitrogens with zero attached hydrogens (tertiary/aromatic N) is 3. The van der Waals surface area contributed by atoms with E-state index < -0.39 is 41.0 Å². The first-order valence-electron chi connectivity index (χ1n) is 10.5. The Morgan fingerprint density at radius 3 is 2.56 bits per heavy atom. The Morgan fingerprint density at radius 2 is 1.94 bits per heavy atom. The van der Waals surface area contributed by atoms with E-state index in [1.54, 1.807) is 0 Å². The molecule has 0 radical (unpaired) electrons. The lowest BCUT2D eigenvalue weighted by Gasteiger charge is -2.27. The molecule has 2 heterocycles. The molecule has 0 saturated heterocycles. The zero-order chi connectivity index (χ0) is 24.6. The number of rotatable bonds is 5. The molecule has 4 rings (SSSR count). The van der Waals surface area contributed by atoms with E-state index in [0.29, 0.717) is 31.7 Å². The predicted molar refractivity (Wildman–Crippen MR) is 111 cm³/mol. The number of aliphatic hydroxyl groups excluding tert-OH is 1. The Labute approximate surface area is 190 Å². The van der Waals surface area contributed by atoms with Crippen molar-refractivity contribution in [1.82, 2.24) is 14.8 Å². The summed E-state index contributed by atoms with van der Waals surface area (Å²) in [6.45, 7) is 0.0475. The molecule has 3 aromatic rings. The highest BCUT2D eigenvalue weighted by atomic mass is 19.4. The van der Waals surface area contributed by atoms with E-state index in [1.807, 2.05) is 0 Å². The number of amides is 1. The number of methoxy groups -OCH3 is 1. The van der Waals surface area contributed by atoms with E-state index in [9.17, 15) is 23.1 Å². The molecule has 1 aliphatic rings. The normalized spacial score (nSPS) is 18.8. The van der Waals surface area contributed by atoms with Gasteiger partial charge in [-0.2, -0.15) is 22.7 Å². The van der Waals surface area contributed by atoms with Gasteiger partial charge in [0.2, 0.25) is 5.95 Å². The third-order valence-electron chi connectivity index (χ3n) is 5.97.